The first-order chi connectivity index (χ1) is 10.9. The van der Waals surface area contributed by atoms with Crippen molar-refractivity contribution in [3.63, 3.8) is 0 Å². The van der Waals surface area contributed by atoms with Crippen molar-refractivity contribution < 1.29 is 9.66 Å². The second-order valence-electron chi connectivity index (χ2n) is 5.60. The predicted molar refractivity (Wildman–Crippen MR) is 81.8 cm³/mol. The summed E-state index contributed by atoms with van der Waals surface area (Å²) >= 11 is 0. The molecular formula is C13H17N7O3. The molecule has 1 fully saturated rings. The lowest BCUT2D eigenvalue weighted by Crippen LogP contribution is -2.48. The van der Waals surface area contributed by atoms with Crippen molar-refractivity contribution in [2.45, 2.75) is 12.5 Å². The number of nitrogens with zero attached hydrogens (tertiary/aromatic N) is 6. The summed E-state index contributed by atoms with van der Waals surface area (Å²) in [6, 6.07) is 0. The summed E-state index contributed by atoms with van der Waals surface area (Å²) in [4.78, 5) is 20.2. The number of aryl methyl sites for hydroxylation is 1. The largest absolute Gasteiger partial charge is 0.378 e. The van der Waals surface area contributed by atoms with Crippen molar-refractivity contribution in [1.82, 2.24) is 19.7 Å². The quantitative estimate of drug-likeness (QED) is 0.638. The van der Waals surface area contributed by atoms with Crippen LogP contribution in [0.1, 0.15) is 12.5 Å². The van der Waals surface area contributed by atoms with Gasteiger partial charge in [0.25, 0.3) is 0 Å². The van der Waals surface area contributed by atoms with Crippen molar-refractivity contribution in [3.8, 4) is 0 Å². The van der Waals surface area contributed by atoms with Gasteiger partial charge in [-0.25, -0.2) is 4.98 Å². The Kier molecular flexibility index (Phi) is 3.60. The SMILES string of the molecule is Cn1cc(C2(C)CN(c3ncc([N+](=O)[O-])c(N)n3)CCO2)cn1. The zero-order valence-electron chi connectivity index (χ0n) is 12.8. The number of aromatic nitrogens is 4. The van der Waals surface area contributed by atoms with E-state index in [2.05, 4.69) is 15.1 Å². The lowest BCUT2D eigenvalue weighted by atomic mass is 9.97. The van der Waals surface area contributed by atoms with Gasteiger partial charge in [-0.05, 0) is 6.92 Å². The maximum absolute atomic E-state index is 10.8. The van der Waals surface area contributed by atoms with E-state index < -0.39 is 10.5 Å². The molecule has 0 saturated carbocycles. The maximum atomic E-state index is 10.8. The van der Waals surface area contributed by atoms with Crippen molar-refractivity contribution in [1.29, 1.82) is 0 Å². The number of anilines is 2. The number of nitro groups is 1. The average Bonchev–Trinajstić information content (AvgIpc) is 2.94. The van der Waals surface area contributed by atoms with Crippen molar-refractivity contribution in [2.75, 3.05) is 30.3 Å². The van der Waals surface area contributed by atoms with Crippen molar-refractivity contribution in [3.05, 3.63) is 34.3 Å². The molecule has 0 aliphatic carbocycles. The smallest absolute Gasteiger partial charge is 0.329 e. The minimum atomic E-state index is -0.599. The van der Waals surface area contributed by atoms with E-state index in [1.807, 2.05) is 25.1 Å². The Bertz CT molecular complexity index is 747. The van der Waals surface area contributed by atoms with E-state index in [9.17, 15) is 10.1 Å². The van der Waals surface area contributed by atoms with E-state index in [1.54, 1.807) is 10.9 Å². The minimum Gasteiger partial charge on any atom is -0.378 e. The number of hydrogen-bond acceptors (Lipinski definition) is 8. The summed E-state index contributed by atoms with van der Waals surface area (Å²) in [5.41, 5.74) is 5.73. The third-order valence-electron chi connectivity index (χ3n) is 3.85. The number of nitrogen functional groups attached to an aromatic ring is 1. The van der Waals surface area contributed by atoms with Crippen LogP contribution in [0, 0.1) is 10.1 Å². The van der Waals surface area contributed by atoms with Gasteiger partial charge in [0, 0.05) is 25.4 Å². The summed E-state index contributed by atoms with van der Waals surface area (Å²) in [6.07, 6.45) is 4.79. The fraction of sp³-hybridized carbons (Fsp3) is 0.462. The molecule has 122 valence electrons. The summed E-state index contributed by atoms with van der Waals surface area (Å²) in [6.45, 7) is 3.51. The van der Waals surface area contributed by atoms with Crippen LogP contribution in [0.25, 0.3) is 0 Å². The first-order valence-corrected chi connectivity index (χ1v) is 7.04. The number of nitrogens with two attached hydrogens (primary N) is 1. The molecule has 0 bridgehead atoms. The summed E-state index contributed by atoms with van der Waals surface area (Å²) in [7, 11) is 1.84. The number of morpholine rings is 1. The minimum absolute atomic E-state index is 0.144. The van der Waals surface area contributed by atoms with Crippen LogP contribution in [-0.2, 0) is 17.4 Å². The van der Waals surface area contributed by atoms with Gasteiger partial charge >= 0.3 is 5.69 Å². The standard InChI is InChI=1S/C13H17N7O3/c1-13(9-5-16-18(2)7-9)8-19(3-4-23-13)12-15-6-10(20(21)22)11(14)17-12/h5-7H,3-4,8H2,1-2H3,(H2,14,15,17). The molecule has 1 unspecified atom stereocenters. The van der Waals surface area contributed by atoms with Gasteiger partial charge in [0.1, 0.15) is 11.8 Å². The van der Waals surface area contributed by atoms with E-state index in [0.717, 1.165) is 11.8 Å². The van der Waals surface area contributed by atoms with Crippen LogP contribution in [0.2, 0.25) is 0 Å². The highest BCUT2D eigenvalue weighted by molar-refractivity contribution is 5.54. The fourth-order valence-corrected chi connectivity index (χ4v) is 2.58. The lowest BCUT2D eigenvalue weighted by molar-refractivity contribution is -0.384. The second-order valence-corrected chi connectivity index (χ2v) is 5.60. The molecule has 0 amide bonds. The van der Waals surface area contributed by atoms with Gasteiger partial charge in [-0.3, -0.25) is 14.8 Å². The second kappa shape index (κ2) is 5.47. The van der Waals surface area contributed by atoms with E-state index in [-0.39, 0.29) is 11.5 Å². The molecule has 3 rings (SSSR count). The molecule has 0 aromatic carbocycles. The predicted octanol–water partition coefficient (Wildman–Crippen LogP) is 0.452. The van der Waals surface area contributed by atoms with Crippen LogP contribution < -0.4 is 10.6 Å². The van der Waals surface area contributed by atoms with Crippen molar-refractivity contribution >= 4 is 17.5 Å². The van der Waals surface area contributed by atoms with E-state index in [4.69, 9.17) is 10.5 Å². The Labute approximate surface area is 132 Å². The van der Waals surface area contributed by atoms with Crippen LogP contribution in [0.15, 0.2) is 18.6 Å². The molecule has 1 aliphatic rings. The molecule has 2 aromatic rings. The molecule has 0 spiro atoms. The molecule has 1 saturated heterocycles. The normalized spacial score (nSPS) is 21.4. The van der Waals surface area contributed by atoms with Gasteiger partial charge in [-0.15, -0.1) is 0 Å². The fourth-order valence-electron chi connectivity index (χ4n) is 2.58. The third kappa shape index (κ3) is 2.80. The number of rotatable bonds is 3. The zero-order valence-corrected chi connectivity index (χ0v) is 12.8. The van der Waals surface area contributed by atoms with Crippen LogP contribution >= 0.6 is 0 Å². The highest BCUT2D eigenvalue weighted by atomic mass is 16.6. The van der Waals surface area contributed by atoms with Crippen LogP contribution in [0.4, 0.5) is 17.5 Å². The highest BCUT2D eigenvalue weighted by Gasteiger charge is 2.36. The Morgan fingerprint density at radius 2 is 2.26 bits per heavy atom. The molecule has 1 atom stereocenters. The van der Waals surface area contributed by atoms with Gasteiger partial charge < -0.3 is 15.4 Å². The van der Waals surface area contributed by atoms with E-state index in [1.165, 1.54) is 0 Å². The molecule has 10 heteroatoms. The molecule has 10 nitrogen and oxygen atoms in total. The summed E-state index contributed by atoms with van der Waals surface area (Å²) < 4.78 is 7.63. The van der Waals surface area contributed by atoms with Crippen LogP contribution in [-0.4, -0.2) is 44.4 Å². The Morgan fingerprint density at radius 1 is 1.48 bits per heavy atom. The molecule has 0 radical (unpaired) electrons. The molecule has 3 heterocycles. The third-order valence-corrected chi connectivity index (χ3v) is 3.85. The highest BCUT2D eigenvalue weighted by Crippen LogP contribution is 2.31. The van der Waals surface area contributed by atoms with Crippen molar-refractivity contribution in [2.24, 2.45) is 7.05 Å². The number of hydrogen-bond donors (Lipinski definition) is 1. The Morgan fingerprint density at radius 3 is 2.87 bits per heavy atom. The van der Waals surface area contributed by atoms with Gasteiger partial charge in [0.2, 0.25) is 11.8 Å². The van der Waals surface area contributed by atoms with Gasteiger partial charge in [-0.2, -0.15) is 10.1 Å². The average molecular weight is 319 g/mol. The summed E-state index contributed by atoms with van der Waals surface area (Å²) in [5, 5.41) is 15.0. The maximum Gasteiger partial charge on any atom is 0.329 e. The molecule has 2 N–H and O–H groups in total. The van der Waals surface area contributed by atoms with Gasteiger partial charge in [0.15, 0.2) is 0 Å². The van der Waals surface area contributed by atoms with E-state index >= 15 is 0 Å². The van der Waals surface area contributed by atoms with Crippen LogP contribution in [0.3, 0.4) is 0 Å². The Balaban J connectivity index is 1.86. The van der Waals surface area contributed by atoms with Crippen LogP contribution in [0.5, 0.6) is 0 Å². The van der Waals surface area contributed by atoms with Gasteiger partial charge in [0.05, 0.1) is 24.3 Å². The zero-order chi connectivity index (χ0) is 16.6. The molecule has 23 heavy (non-hydrogen) atoms. The molecule has 2 aromatic heterocycles. The molecular weight excluding hydrogens is 302 g/mol. The first-order valence-electron chi connectivity index (χ1n) is 7.04. The van der Waals surface area contributed by atoms with E-state index in [0.29, 0.717) is 25.6 Å². The Hall–Kier alpha value is -2.75. The van der Waals surface area contributed by atoms with Gasteiger partial charge in [-0.1, -0.05) is 0 Å². The number of ether oxygens (including phenoxy) is 1. The summed E-state index contributed by atoms with van der Waals surface area (Å²) in [5.74, 6) is 0.209. The monoisotopic (exact) mass is 319 g/mol. The molecule has 1 aliphatic heterocycles. The topological polar surface area (TPSA) is 125 Å². The first kappa shape index (κ1) is 15.2. The lowest BCUT2D eigenvalue weighted by Gasteiger charge is -2.40.